The van der Waals surface area contributed by atoms with Crippen LogP contribution in [-0.4, -0.2) is 29.4 Å². The minimum atomic E-state index is -0.934. The summed E-state index contributed by atoms with van der Waals surface area (Å²) in [6, 6.07) is 15.8. The predicted molar refractivity (Wildman–Crippen MR) is 159 cm³/mol. The summed E-state index contributed by atoms with van der Waals surface area (Å²) in [5.74, 6) is 2.92. The maximum absolute atomic E-state index is 13.7. The summed E-state index contributed by atoms with van der Waals surface area (Å²) in [6.07, 6.45) is 6.17. The van der Waals surface area contributed by atoms with E-state index in [2.05, 4.69) is 50.5 Å². The molecule has 0 spiro atoms. The standard InChI is InChI=1S/C34H46N2O4/c1-21(2)24-12-14-29(15-13-24)36-34(40)30(26-18-27-20-28(19-26)32(27)22(3)4)7-5-6-23-8-10-25(11-9-23)33(39)35-17-16-31(37)38/h8-15,21-22,26-28,30,32H,5-7,16-20H2,1-4H3,(H,35,39)(H,36,40)(H,37,38)/t26?,27-,28-,30?,32?/m0/s1. The van der Waals surface area contributed by atoms with Crippen LogP contribution in [0.5, 0.6) is 0 Å². The van der Waals surface area contributed by atoms with Crippen molar-refractivity contribution in [2.45, 2.75) is 78.6 Å². The summed E-state index contributed by atoms with van der Waals surface area (Å²) >= 11 is 0. The number of hydrogen-bond acceptors (Lipinski definition) is 3. The molecule has 1 unspecified atom stereocenters. The van der Waals surface area contributed by atoms with Gasteiger partial charge in [-0.15, -0.1) is 0 Å². The highest BCUT2D eigenvalue weighted by Crippen LogP contribution is 2.57. The first-order chi connectivity index (χ1) is 19.1. The Bertz CT molecular complexity index is 1140. The molecule has 5 rings (SSSR count). The van der Waals surface area contributed by atoms with E-state index in [9.17, 15) is 14.4 Å². The molecule has 2 bridgehead atoms. The van der Waals surface area contributed by atoms with Crippen molar-refractivity contribution < 1.29 is 19.5 Å². The van der Waals surface area contributed by atoms with Gasteiger partial charge in [0.05, 0.1) is 6.42 Å². The Kier molecular flexibility index (Phi) is 10.0. The SMILES string of the molecule is CC(C)c1ccc(NC(=O)C(CCCc2ccc(C(=O)NCCC(=O)O)cc2)C2C[C@H]3C[C@H](C2)C3C(C)C)cc1. The van der Waals surface area contributed by atoms with Crippen molar-refractivity contribution in [2.24, 2.45) is 35.5 Å². The maximum Gasteiger partial charge on any atom is 0.305 e. The average molecular weight is 547 g/mol. The van der Waals surface area contributed by atoms with E-state index in [1.165, 1.54) is 12.0 Å². The lowest BCUT2D eigenvalue weighted by Gasteiger charge is -2.55. The second-order valence-electron chi connectivity index (χ2n) is 12.7. The highest BCUT2D eigenvalue weighted by molar-refractivity contribution is 5.94. The average Bonchev–Trinajstić information content (AvgIpc) is 2.91. The van der Waals surface area contributed by atoms with Crippen molar-refractivity contribution in [3.05, 3.63) is 65.2 Å². The van der Waals surface area contributed by atoms with Gasteiger partial charge in [0, 0.05) is 23.7 Å². The molecule has 0 aliphatic heterocycles. The van der Waals surface area contributed by atoms with Crippen LogP contribution in [0.25, 0.3) is 0 Å². The third kappa shape index (κ3) is 7.52. The number of carbonyl (C=O) groups excluding carboxylic acids is 2. The molecule has 0 saturated heterocycles. The summed E-state index contributed by atoms with van der Waals surface area (Å²) in [7, 11) is 0. The zero-order valence-electron chi connectivity index (χ0n) is 24.5. The first-order valence-electron chi connectivity index (χ1n) is 15.1. The van der Waals surface area contributed by atoms with Crippen molar-refractivity contribution in [1.29, 1.82) is 0 Å². The number of rotatable bonds is 13. The van der Waals surface area contributed by atoms with Crippen LogP contribution < -0.4 is 10.6 Å². The highest BCUT2D eigenvalue weighted by atomic mass is 16.4. The lowest BCUT2D eigenvalue weighted by molar-refractivity contribution is -0.136. The summed E-state index contributed by atoms with van der Waals surface area (Å²) in [4.78, 5) is 36.6. The third-order valence-corrected chi connectivity index (χ3v) is 9.25. The number of carbonyl (C=O) groups is 3. The Labute approximate surface area is 239 Å². The van der Waals surface area contributed by atoms with E-state index in [4.69, 9.17) is 5.11 Å². The number of carboxylic acid groups (broad SMARTS) is 1. The second-order valence-corrected chi connectivity index (χ2v) is 12.7. The largest absolute Gasteiger partial charge is 0.481 e. The molecule has 3 aliphatic rings. The quantitative estimate of drug-likeness (QED) is 0.254. The van der Waals surface area contributed by atoms with Crippen LogP contribution in [0, 0.1) is 35.5 Å². The lowest BCUT2D eigenvalue weighted by atomic mass is 9.50. The Morgan fingerprint density at radius 2 is 1.55 bits per heavy atom. The van der Waals surface area contributed by atoms with Gasteiger partial charge in [0.1, 0.15) is 0 Å². The van der Waals surface area contributed by atoms with Crippen molar-refractivity contribution in [3.63, 3.8) is 0 Å². The number of aryl methyl sites for hydroxylation is 1. The van der Waals surface area contributed by atoms with Crippen LogP contribution in [0.4, 0.5) is 5.69 Å². The van der Waals surface area contributed by atoms with E-state index in [1.807, 2.05) is 24.3 Å². The summed E-state index contributed by atoms with van der Waals surface area (Å²) < 4.78 is 0. The van der Waals surface area contributed by atoms with Crippen LogP contribution in [0.2, 0.25) is 0 Å². The molecule has 3 atom stereocenters. The Hall–Kier alpha value is -3.15. The minimum Gasteiger partial charge on any atom is -0.481 e. The second kappa shape index (κ2) is 13.5. The van der Waals surface area contributed by atoms with E-state index < -0.39 is 5.97 Å². The van der Waals surface area contributed by atoms with Crippen molar-refractivity contribution in [1.82, 2.24) is 5.32 Å². The number of fused-ring (bicyclic) bond motifs is 2. The number of hydrogen-bond donors (Lipinski definition) is 3. The molecule has 3 aliphatic carbocycles. The van der Waals surface area contributed by atoms with E-state index in [0.717, 1.165) is 67.0 Å². The van der Waals surface area contributed by atoms with Crippen molar-refractivity contribution >= 4 is 23.5 Å². The summed E-state index contributed by atoms with van der Waals surface area (Å²) in [5.41, 5.74) is 3.80. The van der Waals surface area contributed by atoms with E-state index in [-0.39, 0.29) is 30.7 Å². The molecular weight excluding hydrogens is 500 g/mol. The van der Waals surface area contributed by atoms with E-state index in [1.54, 1.807) is 12.1 Å². The molecule has 0 heterocycles. The van der Waals surface area contributed by atoms with Gasteiger partial charge in [0.15, 0.2) is 0 Å². The molecule has 6 nitrogen and oxygen atoms in total. The topological polar surface area (TPSA) is 95.5 Å². The number of amides is 2. The molecule has 3 fully saturated rings. The van der Waals surface area contributed by atoms with Gasteiger partial charge in [-0.2, -0.15) is 0 Å². The van der Waals surface area contributed by atoms with Gasteiger partial charge in [0.2, 0.25) is 5.91 Å². The van der Waals surface area contributed by atoms with Gasteiger partial charge in [0.25, 0.3) is 5.91 Å². The van der Waals surface area contributed by atoms with Gasteiger partial charge < -0.3 is 15.7 Å². The molecule has 2 amide bonds. The number of carboxylic acids is 1. The van der Waals surface area contributed by atoms with E-state index in [0.29, 0.717) is 17.4 Å². The van der Waals surface area contributed by atoms with Gasteiger partial charge in [-0.3, -0.25) is 14.4 Å². The van der Waals surface area contributed by atoms with Crippen LogP contribution >= 0.6 is 0 Å². The molecule has 2 aromatic rings. The molecule has 6 heteroatoms. The summed E-state index contributed by atoms with van der Waals surface area (Å²) in [5, 5.41) is 14.6. The smallest absolute Gasteiger partial charge is 0.305 e. The third-order valence-electron chi connectivity index (χ3n) is 9.25. The number of aliphatic carboxylic acids is 1. The van der Waals surface area contributed by atoms with Gasteiger partial charge >= 0.3 is 5.97 Å². The number of benzene rings is 2. The van der Waals surface area contributed by atoms with Crippen LogP contribution in [0.15, 0.2) is 48.5 Å². The fourth-order valence-electron chi connectivity index (χ4n) is 7.19. The van der Waals surface area contributed by atoms with Crippen molar-refractivity contribution in [2.75, 3.05) is 11.9 Å². The minimum absolute atomic E-state index is 0.00229. The first kappa shape index (κ1) is 29.8. The zero-order chi connectivity index (χ0) is 28.8. The fourth-order valence-corrected chi connectivity index (χ4v) is 7.19. The van der Waals surface area contributed by atoms with Gasteiger partial charge in [-0.25, -0.2) is 0 Å². The number of anilines is 1. The maximum atomic E-state index is 13.7. The molecule has 0 radical (unpaired) electrons. The number of nitrogens with one attached hydrogen (secondary N) is 2. The fraction of sp³-hybridized carbons (Fsp3) is 0.559. The van der Waals surface area contributed by atoms with Crippen LogP contribution in [-0.2, 0) is 16.0 Å². The molecule has 0 aromatic heterocycles. The highest BCUT2D eigenvalue weighted by Gasteiger charge is 2.50. The molecule has 2 aromatic carbocycles. The van der Waals surface area contributed by atoms with E-state index >= 15 is 0 Å². The molecular formula is C34H46N2O4. The van der Waals surface area contributed by atoms with Gasteiger partial charge in [-0.05, 0) is 109 Å². The molecule has 40 heavy (non-hydrogen) atoms. The Morgan fingerprint density at radius 1 is 0.900 bits per heavy atom. The van der Waals surface area contributed by atoms with Crippen LogP contribution in [0.3, 0.4) is 0 Å². The first-order valence-corrected chi connectivity index (χ1v) is 15.1. The van der Waals surface area contributed by atoms with Crippen molar-refractivity contribution in [3.8, 4) is 0 Å². The Morgan fingerprint density at radius 3 is 2.12 bits per heavy atom. The lowest BCUT2D eigenvalue weighted by Crippen LogP contribution is -2.49. The summed E-state index contributed by atoms with van der Waals surface area (Å²) in [6.45, 7) is 9.16. The zero-order valence-corrected chi connectivity index (χ0v) is 24.5. The molecule has 3 saturated carbocycles. The van der Waals surface area contributed by atoms with Crippen LogP contribution in [0.1, 0.15) is 93.6 Å². The predicted octanol–water partition coefficient (Wildman–Crippen LogP) is 6.91. The Balaban J connectivity index is 1.36. The monoisotopic (exact) mass is 546 g/mol. The molecule has 216 valence electrons. The van der Waals surface area contributed by atoms with Gasteiger partial charge in [-0.1, -0.05) is 52.0 Å². The normalized spacial score (nSPS) is 22.4. The molecule has 3 N–H and O–H groups in total.